The molecule has 0 aromatic heterocycles. The molecular formula is C8H14O3. The van der Waals surface area contributed by atoms with Gasteiger partial charge in [0.1, 0.15) is 0 Å². The molecule has 0 saturated heterocycles. The zero-order valence-electron chi connectivity index (χ0n) is 6.87. The highest BCUT2D eigenvalue weighted by Crippen LogP contribution is 2.47. The maximum atomic E-state index is 10.3. The minimum atomic E-state index is -0.769. The summed E-state index contributed by atoms with van der Waals surface area (Å²) in [5.74, 6) is -0.620. The first-order chi connectivity index (χ1) is 4.94. The third kappa shape index (κ3) is 1.38. The van der Waals surface area contributed by atoms with Crippen molar-refractivity contribution in [2.75, 3.05) is 0 Å². The number of hydrogen-bond donors (Lipinski definition) is 2. The first-order valence-corrected chi connectivity index (χ1v) is 3.84. The Kier molecular flexibility index (Phi) is 1.92. The number of aliphatic hydroxyl groups is 1. The Morgan fingerprint density at radius 1 is 1.64 bits per heavy atom. The van der Waals surface area contributed by atoms with E-state index in [2.05, 4.69) is 0 Å². The molecule has 1 saturated carbocycles. The van der Waals surface area contributed by atoms with E-state index in [1.54, 1.807) is 0 Å². The van der Waals surface area contributed by atoms with Gasteiger partial charge >= 0.3 is 5.97 Å². The molecule has 0 bridgehead atoms. The molecule has 0 heterocycles. The van der Waals surface area contributed by atoms with Crippen molar-refractivity contribution in [3.8, 4) is 0 Å². The highest BCUT2D eigenvalue weighted by atomic mass is 16.4. The molecular weight excluding hydrogens is 144 g/mol. The van der Waals surface area contributed by atoms with Crippen molar-refractivity contribution in [3.63, 3.8) is 0 Å². The molecule has 11 heavy (non-hydrogen) atoms. The standard InChI is InChI=1S/C8H14O3/c1-8(2)5(3-6(8)9)4-7(10)11/h5-6,9H,3-4H2,1-2H3,(H,10,11). The summed E-state index contributed by atoms with van der Waals surface area (Å²) in [5, 5.41) is 17.8. The highest BCUT2D eigenvalue weighted by Gasteiger charge is 2.47. The van der Waals surface area contributed by atoms with Crippen LogP contribution in [0.2, 0.25) is 0 Å². The number of carbonyl (C=O) groups is 1. The fraction of sp³-hybridized carbons (Fsp3) is 0.875. The lowest BCUT2D eigenvalue weighted by atomic mass is 9.59. The lowest BCUT2D eigenvalue weighted by Gasteiger charge is -2.48. The van der Waals surface area contributed by atoms with Gasteiger partial charge < -0.3 is 10.2 Å². The second kappa shape index (κ2) is 2.48. The molecule has 1 rings (SSSR count). The van der Waals surface area contributed by atoms with E-state index < -0.39 is 5.97 Å². The van der Waals surface area contributed by atoms with Crippen molar-refractivity contribution in [2.24, 2.45) is 11.3 Å². The molecule has 1 fully saturated rings. The number of hydrogen-bond acceptors (Lipinski definition) is 2. The first-order valence-electron chi connectivity index (χ1n) is 3.84. The molecule has 0 aliphatic heterocycles. The molecule has 2 atom stereocenters. The van der Waals surface area contributed by atoms with Crippen molar-refractivity contribution >= 4 is 5.97 Å². The Labute approximate surface area is 66.0 Å². The Morgan fingerprint density at radius 2 is 2.18 bits per heavy atom. The van der Waals surface area contributed by atoms with Crippen LogP contribution in [0, 0.1) is 11.3 Å². The van der Waals surface area contributed by atoms with Crippen LogP contribution >= 0.6 is 0 Å². The van der Waals surface area contributed by atoms with Crippen LogP contribution in [0.4, 0.5) is 0 Å². The zero-order valence-corrected chi connectivity index (χ0v) is 6.87. The third-order valence-corrected chi connectivity index (χ3v) is 2.84. The average molecular weight is 158 g/mol. The third-order valence-electron chi connectivity index (χ3n) is 2.84. The fourth-order valence-corrected chi connectivity index (χ4v) is 1.55. The number of aliphatic carboxylic acids is 1. The van der Waals surface area contributed by atoms with Crippen molar-refractivity contribution < 1.29 is 15.0 Å². The highest BCUT2D eigenvalue weighted by molar-refractivity contribution is 5.67. The van der Waals surface area contributed by atoms with Gasteiger partial charge in [-0.3, -0.25) is 4.79 Å². The molecule has 0 aromatic rings. The molecule has 2 unspecified atom stereocenters. The molecule has 3 nitrogen and oxygen atoms in total. The lowest BCUT2D eigenvalue weighted by molar-refractivity contribution is -0.148. The van der Waals surface area contributed by atoms with Crippen LogP contribution in [0.3, 0.4) is 0 Å². The van der Waals surface area contributed by atoms with Crippen LogP contribution in [-0.2, 0) is 4.79 Å². The summed E-state index contributed by atoms with van der Waals surface area (Å²) in [4.78, 5) is 10.3. The maximum absolute atomic E-state index is 10.3. The van der Waals surface area contributed by atoms with Gasteiger partial charge in [-0.25, -0.2) is 0 Å². The van der Waals surface area contributed by atoms with E-state index in [1.807, 2.05) is 13.8 Å². The largest absolute Gasteiger partial charge is 0.481 e. The van der Waals surface area contributed by atoms with Crippen molar-refractivity contribution in [3.05, 3.63) is 0 Å². The predicted molar refractivity (Wildman–Crippen MR) is 40.1 cm³/mol. The van der Waals surface area contributed by atoms with Crippen molar-refractivity contribution in [2.45, 2.75) is 32.8 Å². The normalized spacial score (nSPS) is 34.5. The summed E-state index contributed by atoms with van der Waals surface area (Å²) in [6.07, 6.45) is 0.510. The Morgan fingerprint density at radius 3 is 2.45 bits per heavy atom. The number of carboxylic acid groups (broad SMARTS) is 1. The molecule has 1 aliphatic carbocycles. The fourth-order valence-electron chi connectivity index (χ4n) is 1.55. The van der Waals surface area contributed by atoms with Crippen LogP contribution in [0.25, 0.3) is 0 Å². The number of aliphatic hydroxyl groups excluding tert-OH is 1. The van der Waals surface area contributed by atoms with Crippen LogP contribution < -0.4 is 0 Å². The number of rotatable bonds is 2. The van der Waals surface area contributed by atoms with Crippen molar-refractivity contribution in [1.82, 2.24) is 0 Å². The SMILES string of the molecule is CC1(C)C(O)CC1CC(=O)O. The Bertz CT molecular complexity index is 174. The first kappa shape index (κ1) is 8.53. The minimum absolute atomic E-state index is 0.148. The smallest absolute Gasteiger partial charge is 0.303 e. The second-order valence-corrected chi connectivity index (χ2v) is 3.87. The van der Waals surface area contributed by atoms with E-state index in [9.17, 15) is 9.90 Å². The number of carboxylic acids is 1. The molecule has 1 aliphatic rings. The van der Waals surface area contributed by atoms with Gasteiger partial charge in [-0.15, -0.1) is 0 Å². The molecule has 0 spiro atoms. The van der Waals surface area contributed by atoms with E-state index >= 15 is 0 Å². The maximum Gasteiger partial charge on any atom is 0.303 e. The van der Waals surface area contributed by atoms with E-state index in [0.717, 1.165) is 0 Å². The van der Waals surface area contributed by atoms with Gasteiger partial charge in [-0.2, -0.15) is 0 Å². The molecule has 0 amide bonds. The van der Waals surface area contributed by atoms with Crippen molar-refractivity contribution in [1.29, 1.82) is 0 Å². The molecule has 3 heteroatoms. The van der Waals surface area contributed by atoms with Gasteiger partial charge in [0.25, 0.3) is 0 Å². The topological polar surface area (TPSA) is 57.5 Å². The molecule has 0 aromatic carbocycles. The van der Waals surface area contributed by atoms with Gasteiger partial charge in [-0.05, 0) is 17.8 Å². The Hall–Kier alpha value is -0.570. The van der Waals surface area contributed by atoms with Gasteiger partial charge in [0.05, 0.1) is 6.10 Å². The summed E-state index contributed by atoms with van der Waals surface area (Å²) < 4.78 is 0. The van der Waals surface area contributed by atoms with Gasteiger partial charge in [0.15, 0.2) is 0 Å². The van der Waals surface area contributed by atoms with Crippen LogP contribution in [0.5, 0.6) is 0 Å². The van der Waals surface area contributed by atoms with Crippen LogP contribution in [0.15, 0.2) is 0 Å². The minimum Gasteiger partial charge on any atom is -0.481 e. The van der Waals surface area contributed by atoms with E-state index in [0.29, 0.717) is 6.42 Å². The average Bonchev–Trinajstić information content (AvgIpc) is 1.87. The van der Waals surface area contributed by atoms with E-state index in [1.165, 1.54) is 0 Å². The summed E-state index contributed by atoms with van der Waals surface area (Å²) in [6.45, 7) is 3.82. The summed E-state index contributed by atoms with van der Waals surface area (Å²) in [6, 6.07) is 0. The monoisotopic (exact) mass is 158 g/mol. The van der Waals surface area contributed by atoms with Crippen LogP contribution in [0.1, 0.15) is 26.7 Å². The van der Waals surface area contributed by atoms with E-state index in [4.69, 9.17) is 5.11 Å². The van der Waals surface area contributed by atoms with Gasteiger partial charge in [0, 0.05) is 6.42 Å². The van der Waals surface area contributed by atoms with Crippen LogP contribution in [-0.4, -0.2) is 22.3 Å². The second-order valence-electron chi connectivity index (χ2n) is 3.87. The summed E-state index contributed by atoms with van der Waals surface area (Å²) in [5.41, 5.74) is -0.196. The lowest BCUT2D eigenvalue weighted by Crippen LogP contribution is -2.49. The predicted octanol–water partition coefficient (Wildman–Crippen LogP) is 0.868. The zero-order chi connectivity index (χ0) is 8.65. The molecule has 0 radical (unpaired) electrons. The Balaban J connectivity index is 2.46. The quantitative estimate of drug-likeness (QED) is 0.627. The summed E-state index contributed by atoms with van der Waals surface area (Å²) >= 11 is 0. The van der Waals surface area contributed by atoms with Gasteiger partial charge in [-0.1, -0.05) is 13.8 Å². The molecule has 2 N–H and O–H groups in total. The summed E-state index contributed by atoms with van der Waals surface area (Å²) in [7, 11) is 0. The van der Waals surface area contributed by atoms with Gasteiger partial charge in [0.2, 0.25) is 0 Å². The van der Waals surface area contributed by atoms with E-state index in [-0.39, 0.29) is 23.9 Å². The molecule has 64 valence electrons.